The van der Waals surface area contributed by atoms with E-state index in [-0.39, 0.29) is 6.61 Å². The van der Waals surface area contributed by atoms with Gasteiger partial charge in [-0.25, -0.2) is 0 Å². The molecule has 0 amide bonds. The van der Waals surface area contributed by atoms with Gasteiger partial charge in [0.25, 0.3) is 0 Å². The lowest BCUT2D eigenvalue weighted by Crippen LogP contribution is -2.67. The van der Waals surface area contributed by atoms with Crippen LogP contribution in [0.3, 0.4) is 0 Å². The van der Waals surface area contributed by atoms with Crippen LogP contribution < -0.4 is 0 Å². The van der Waals surface area contributed by atoms with Gasteiger partial charge in [0.15, 0.2) is 43.1 Å². The summed E-state index contributed by atoms with van der Waals surface area (Å²) in [5.41, 5.74) is 0. The van der Waals surface area contributed by atoms with E-state index in [2.05, 4.69) is 6.58 Å². The van der Waals surface area contributed by atoms with Crippen molar-refractivity contribution in [3.63, 3.8) is 0 Å². The molecule has 2 aliphatic heterocycles. The smallest absolute Gasteiger partial charge is 0.303 e. The second kappa shape index (κ2) is 18.3. The monoisotopic (exact) mass is 676 g/mol. The van der Waals surface area contributed by atoms with E-state index in [0.717, 1.165) is 48.5 Å². The Bertz CT molecular complexity index is 1170. The van der Waals surface area contributed by atoms with Crippen molar-refractivity contribution in [1.29, 1.82) is 0 Å². The fourth-order valence-electron chi connectivity index (χ4n) is 4.77. The molecule has 2 rings (SSSR count). The third-order valence-corrected chi connectivity index (χ3v) is 6.26. The Balaban J connectivity index is 2.72. The van der Waals surface area contributed by atoms with Gasteiger partial charge in [-0.1, -0.05) is 6.08 Å². The first-order valence-corrected chi connectivity index (χ1v) is 14.4. The lowest BCUT2D eigenvalue weighted by atomic mass is 9.96. The molecule has 0 bridgehead atoms. The van der Waals surface area contributed by atoms with Crippen molar-refractivity contribution in [2.24, 2.45) is 0 Å². The van der Waals surface area contributed by atoms with Crippen molar-refractivity contribution < 1.29 is 85.7 Å². The topological polar surface area (TPSA) is 221 Å². The van der Waals surface area contributed by atoms with E-state index in [0.29, 0.717) is 0 Å². The standard InChI is InChI=1S/C29H40O18/c1-9-10-37-28-26(43-18(7)35)25(42-17(6)34)23(21(45-28)12-39-14(3)31)47-29-27(44-19(8)36)24(41-16(5)33)22(40-15(4)32)20(46-29)11-38-13(2)30/h9,20-29H,1,10-12H2,2-8H3/t20-,21-,22+,23+,24+,25+,26-,27-,28-,29+/m1/s1. The molecule has 0 aromatic carbocycles. The molecule has 0 aliphatic carbocycles. The predicted octanol–water partition coefficient (Wildman–Crippen LogP) is -0.191. The molecule has 2 aliphatic rings. The van der Waals surface area contributed by atoms with E-state index in [1.807, 2.05) is 0 Å². The van der Waals surface area contributed by atoms with Crippen molar-refractivity contribution in [2.75, 3.05) is 19.8 Å². The van der Waals surface area contributed by atoms with Crippen molar-refractivity contribution in [1.82, 2.24) is 0 Å². The zero-order valence-electron chi connectivity index (χ0n) is 27.0. The summed E-state index contributed by atoms with van der Waals surface area (Å²) in [4.78, 5) is 84.6. The molecule has 0 spiro atoms. The maximum absolute atomic E-state index is 12.3. The van der Waals surface area contributed by atoms with E-state index in [1.165, 1.54) is 6.08 Å². The summed E-state index contributed by atoms with van der Waals surface area (Å²) >= 11 is 0. The fourth-order valence-corrected chi connectivity index (χ4v) is 4.77. The number of ether oxygens (including phenoxy) is 11. The lowest BCUT2D eigenvalue weighted by Gasteiger charge is -2.48. The first kappa shape index (κ1) is 39.1. The second-order valence-corrected chi connectivity index (χ2v) is 10.3. The van der Waals surface area contributed by atoms with Crippen LogP contribution in [0.25, 0.3) is 0 Å². The van der Waals surface area contributed by atoms with Gasteiger partial charge in [-0.3, -0.25) is 33.6 Å². The van der Waals surface area contributed by atoms with Crippen LogP contribution in [-0.2, 0) is 85.7 Å². The van der Waals surface area contributed by atoms with Gasteiger partial charge >= 0.3 is 41.8 Å². The molecule has 2 heterocycles. The van der Waals surface area contributed by atoms with Crippen LogP contribution in [0.2, 0.25) is 0 Å². The summed E-state index contributed by atoms with van der Waals surface area (Å²) < 4.78 is 61.3. The molecule has 10 atom stereocenters. The van der Waals surface area contributed by atoms with Crippen LogP contribution in [0.1, 0.15) is 48.5 Å². The normalized spacial score (nSPS) is 30.1. The molecule has 0 aromatic heterocycles. The van der Waals surface area contributed by atoms with E-state index in [4.69, 9.17) is 52.1 Å². The summed E-state index contributed by atoms with van der Waals surface area (Å²) in [6.07, 6.45) is -13.9. The minimum atomic E-state index is -1.77. The molecule has 0 N–H and O–H groups in total. The van der Waals surface area contributed by atoms with Gasteiger partial charge in [0.2, 0.25) is 0 Å². The first-order valence-electron chi connectivity index (χ1n) is 14.4. The third kappa shape index (κ3) is 12.2. The van der Waals surface area contributed by atoms with Gasteiger partial charge in [0.1, 0.15) is 31.5 Å². The molecule has 18 heteroatoms. The lowest BCUT2D eigenvalue weighted by molar-refractivity contribution is -0.360. The Morgan fingerprint density at radius 2 is 0.872 bits per heavy atom. The number of hydrogen-bond acceptors (Lipinski definition) is 18. The maximum Gasteiger partial charge on any atom is 0.303 e. The number of rotatable bonds is 14. The molecular weight excluding hydrogens is 636 g/mol. The molecule has 2 fully saturated rings. The number of carbonyl (C=O) groups is 7. The molecule has 0 aromatic rings. The van der Waals surface area contributed by atoms with Crippen molar-refractivity contribution in [2.45, 2.75) is 110 Å². The highest BCUT2D eigenvalue weighted by Crippen LogP contribution is 2.35. The molecule has 0 saturated carbocycles. The van der Waals surface area contributed by atoms with Crippen molar-refractivity contribution >= 4 is 41.8 Å². The molecule has 47 heavy (non-hydrogen) atoms. The van der Waals surface area contributed by atoms with Crippen LogP contribution in [0.5, 0.6) is 0 Å². The van der Waals surface area contributed by atoms with E-state index < -0.39 is 116 Å². The van der Waals surface area contributed by atoms with Crippen LogP contribution in [0.4, 0.5) is 0 Å². The summed E-state index contributed by atoms with van der Waals surface area (Å²) in [5, 5.41) is 0. The van der Waals surface area contributed by atoms with Crippen molar-refractivity contribution in [3.8, 4) is 0 Å². The molecule has 0 unspecified atom stereocenters. The second-order valence-electron chi connectivity index (χ2n) is 10.3. The predicted molar refractivity (Wildman–Crippen MR) is 149 cm³/mol. The summed E-state index contributed by atoms with van der Waals surface area (Å²) in [7, 11) is 0. The average molecular weight is 677 g/mol. The molecule has 18 nitrogen and oxygen atoms in total. The highest BCUT2D eigenvalue weighted by Gasteiger charge is 2.57. The van der Waals surface area contributed by atoms with E-state index in [1.54, 1.807) is 0 Å². The van der Waals surface area contributed by atoms with Gasteiger partial charge in [-0.15, -0.1) is 6.58 Å². The van der Waals surface area contributed by atoms with Crippen LogP contribution >= 0.6 is 0 Å². The fraction of sp³-hybridized carbons (Fsp3) is 0.690. The Labute approximate surface area is 270 Å². The maximum atomic E-state index is 12.3. The number of carbonyl (C=O) groups excluding carboxylic acids is 7. The highest BCUT2D eigenvalue weighted by atomic mass is 16.8. The Kier molecular flexibility index (Phi) is 15.2. The van der Waals surface area contributed by atoms with E-state index in [9.17, 15) is 33.6 Å². The zero-order valence-corrected chi connectivity index (χ0v) is 27.0. The quantitative estimate of drug-likeness (QED) is 0.132. The summed E-state index contributed by atoms with van der Waals surface area (Å²) in [6, 6.07) is 0. The highest BCUT2D eigenvalue weighted by molar-refractivity contribution is 5.69. The zero-order chi connectivity index (χ0) is 35.4. The number of esters is 7. The minimum Gasteiger partial charge on any atom is -0.463 e. The minimum absolute atomic E-state index is 0.110. The molecular formula is C29H40O18. The van der Waals surface area contributed by atoms with Gasteiger partial charge in [0, 0.05) is 48.5 Å². The van der Waals surface area contributed by atoms with Crippen LogP contribution in [-0.4, -0.2) is 123 Å². The molecule has 2 saturated heterocycles. The largest absolute Gasteiger partial charge is 0.463 e. The average Bonchev–Trinajstić information content (AvgIpc) is 2.94. The summed E-state index contributed by atoms with van der Waals surface area (Å²) in [6.45, 7) is 9.85. The third-order valence-electron chi connectivity index (χ3n) is 6.26. The van der Waals surface area contributed by atoms with Crippen LogP contribution in [0.15, 0.2) is 12.7 Å². The number of hydrogen-bond donors (Lipinski definition) is 0. The summed E-state index contributed by atoms with van der Waals surface area (Å²) in [5.74, 6) is -5.81. The molecule has 264 valence electrons. The van der Waals surface area contributed by atoms with Crippen LogP contribution in [0, 0.1) is 0 Å². The molecule has 0 radical (unpaired) electrons. The Morgan fingerprint density at radius 3 is 1.30 bits per heavy atom. The van der Waals surface area contributed by atoms with Gasteiger partial charge in [-0.05, 0) is 0 Å². The van der Waals surface area contributed by atoms with Gasteiger partial charge in [-0.2, -0.15) is 0 Å². The Hall–Kier alpha value is -4.13. The van der Waals surface area contributed by atoms with Gasteiger partial charge < -0.3 is 52.1 Å². The van der Waals surface area contributed by atoms with Gasteiger partial charge in [0.05, 0.1) is 6.61 Å². The SMILES string of the molecule is C=CCO[C@@H]1O[C@H](COC(C)=O)[C@H](O[C@@H]2O[C@H](COC(C)=O)[C@H](OC(C)=O)[C@H](OC(C)=O)[C@H]2OC(C)=O)[C@H](OC(C)=O)[C@H]1OC(C)=O. The Morgan fingerprint density at radius 1 is 0.511 bits per heavy atom. The first-order chi connectivity index (χ1) is 22.0. The van der Waals surface area contributed by atoms with E-state index >= 15 is 0 Å². The van der Waals surface area contributed by atoms with Crippen molar-refractivity contribution in [3.05, 3.63) is 12.7 Å².